The topological polar surface area (TPSA) is 43.8 Å². The van der Waals surface area contributed by atoms with Crippen LogP contribution in [0.5, 0.6) is 0 Å². The zero-order chi connectivity index (χ0) is 15.0. The molecule has 21 heavy (non-hydrogen) atoms. The summed E-state index contributed by atoms with van der Waals surface area (Å²) in [6.07, 6.45) is 1.15. The Balaban J connectivity index is 1.89. The van der Waals surface area contributed by atoms with Crippen molar-refractivity contribution in [3.05, 3.63) is 34.7 Å². The molecule has 0 radical (unpaired) electrons. The van der Waals surface area contributed by atoms with Crippen LogP contribution < -0.4 is 0 Å². The Morgan fingerprint density at radius 2 is 2.19 bits per heavy atom. The zero-order valence-electron chi connectivity index (χ0n) is 12.4. The predicted octanol–water partition coefficient (Wildman–Crippen LogP) is 2.74. The van der Waals surface area contributed by atoms with E-state index >= 15 is 0 Å². The van der Waals surface area contributed by atoms with E-state index in [-0.39, 0.29) is 0 Å². The summed E-state index contributed by atoms with van der Waals surface area (Å²) in [5, 5.41) is 10.6. The van der Waals surface area contributed by atoms with Gasteiger partial charge in [0, 0.05) is 30.4 Å². The van der Waals surface area contributed by atoms with Crippen LogP contribution in [0.25, 0.3) is 10.1 Å². The lowest BCUT2D eigenvalue weighted by molar-refractivity contribution is 0.0700. The molecule has 1 N–H and O–H groups in total. The highest BCUT2D eigenvalue weighted by atomic mass is 32.1. The molecular formula is C16H20N2O2S. The standard InChI is InChI=1S/C16H20N2O2S/c1-17(2)11-7-8-18(9-11)10-13-12-5-3-4-6-14(12)21-15(13)16(19)20/h3-6,11H,7-10H2,1-2H3,(H,19,20). The molecule has 2 heterocycles. The molecule has 5 heteroatoms. The molecule has 0 aliphatic carbocycles. The van der Waals surface area contributed by atoms with E-state index in [1.807, 2.05) is 24.3 Å². The molecule has 1 atom stereocenters. The van der Waals surface area contributed by atoms with Gasteiger partial charge in [-0.2, -0.15) is 0 Å². The van der Waals surface area contributed by atoms with Crippen LogP contribution in [0.4, 0.5) is 0 Å². The maximum Gasteiger partial charge on any atom is 0.346 e. The zero-order valence-corrected chi connectivity index (χ0v) is 13.2. The summed E-state index contributed by atoms with van der Waals surface area (Å²) in [6.45, 7) is 2.78. The predicted molar refractivity (Wildman–Crippen MR) is 86.2 cm³/mol. The minimum Gasteiger partial charge on any atom is -0.477 e. The molecule has 1 aliphatic heterocycles. The number of aromatic carboxylic acids is 1. The summed E-state index contributed by atoms with van der Waals surface area (Å²) in [5.74, 6) is -0.811. The van der Waals surface area contributed by atoms with Crippen molar-refractivity contribution in [1.29, 1.82) is 0 Å². The summed E-state index contributed by atoms with van der Waals surface area (Å²) >= 11 is 1.39. The Kier molecular flexibility index (Phi) is 3.97. The summed E-state index contributed by atoms with van der Waals surface area (Å²) in [5.41, 5.74) is 0.975. The molecule has 112 valence electrons. The molecule has 2 aromatic rings. The third kappa shape index (κ3) is 2.81. The van der Waals surface area contributed by atoms with Gasteiger partial charge in [0.15, 0.2) is 0 Å². The second-order valence-corrected chi connectivity index (χ2v) is 6.90. The van der Waals surface area contributed by atoms with Crippen LogP contribution in [-0.4, -0.2) is 54.1 Å². The van der Waals surface area contributed by atoms with Gasteiger partial charge in [0.05, 0.1) is 0 Å². The molecular weight excluding hydrogens is 284 g/mol. The van der Waals surface area contributed by atoms with Crippen molar-refractivity contribution in [2.24, 2.45) is 0 Å². The molecule has 1 aliphatic rings. The van der Waals surface area contributed by atoms with E-state index in [0.717, 1.165) is 41.7 Å². The van der Waals surface area contributed by atoms with Crippen molar-refractivity contribution in [2.45, 2.75) is 19.0 Å². The van der Waals surface area contributed by atoms with Crippen LogP contribution in [0.2, 0.25) is 0 Å². The Morgan fingerprint density at radius 1 is 1.43 bits per heavy atom. The third-order valence-corrected chi connectivity index (χ3v) is 5.45. The number of carbonyl (C=O) groups is 1. The van der Waals surface area contributed by atoms with Crippen molar-refractivity contribution < 1.29 is 9.90 Å². The van der Waals surface area contributed by atoms with Crippen LogP contribution in [0.3, 0.4) is 0 Å². The average molecular weight is 304 g/mol. The lowest BCUT2D eigenvalue weighted by atomic mass is 10.1. The van der Waals surface area contributed by atoms with Crippen molar-refractivity contribution in [1.82, 2.24) is 9.80 Å². The van der Waals surface area contributed by atoms with Gasteiger partial charge in [-0.05, 0) is 37.5 Å². The molecule has 1 aromatic carbocycles. The first-order valence-electron chi connectivity index (χ1n) is 7.18. The number of likely N-dealkylation sites (tertiary alicyclic amines) is 1. The summed E-state index contributed by atoms with van der Waals surface area (Å²) in [4.78, 5) is 16.6. The fraction of sp³-hybridized carbons (Fsp3) is 0.438. The van der Waals surface area contributed by atoms with Gasteiger partial charge in [-0.25, -0.2) is 4.79 Å². The quantitative estimate of drug-likeness (QED) is 0.943. The summed E-state index contributed by atoms with van der Waals surface area (Å²) < 4.78 is 1.06. The normalized spacial score (nSPS) is 19.7. The number of carboxylic acids is 1. The van der Waals surface area contributed by atoms with Crippen molar-refractivity contribution in [3.8, 4) is 0 Å². The maximum absolute atomic E-state index is 11.5. The number of rotatable bonds is 4. The number of fused-ring (bicyclic) bond motifs is 1. The van der Waals surface area contributed by atoms with E-state index in [1.54, 1.807) is 0 Å². The smallest absolute Gasteiger partial charge is 0.346 e. The fourth-order valence-corrected chi connectivity index (χ4v) is 4.08. The molecule has 1 unspecified atom stereocenters. The molecule has 1 aromatic heterocycles. The van der Waals surface area contributed by atoms with Gasteiger partial charge in [0.2, 0.25) is 0 Å². The largest absolute Gasteiger partial charge is 0.477 e. The van der Waals surface area contributed by atoms with Crippen LogP contribution >= 0.6 is 11.3 Å². The van der Waals surface area contributed by atoms with E-state index in [9.17, 15) is 9.90 Å². The molecule has 1 fully saturated rings. The number of thiophene rings is 1. The Labute approximate surface area is 128 Å². The third-order valence-electron chi connectivity index (χ3n) is 4.25. The second kappa shape index (κ2) is 5.75. The first-order valence-corrected chi connectivity index (χ1v) is 8.00. The van der Waals surface area contributed by atoms with Crippen molar-refractivity contribution in [2.75, 3.05) is 27.2 Å². The van der Waals surface area contributed by atoms with Crippen molar-refractivity contribution in [3.63, 3.8) is 0 Å². The molecule has 0 amide bonds. The van der Waals surface area contributed by atoms with E-state index in [0.29, 0.717) is 10.9 Å². The lowest BCUT2D eigenvalue weighted by Crippen LogP contribution is -2.31. The number of hydrogen-bond donors (Lipinski definition) is 1. The van der Waals surface area contributed by atoms with E-state index in [1.165, 1.54) is 11.3 Å². The van der Waals surface area contributed by atoms with E-state index in [2.05, 4.69) is 23.9 Å². The van der Waals surface area contributed by atoms with Gasteiger partial charge < -0.3 is 10.0 Å². The van der Waals surface area contributed by atoms with E-state index in [4.69, 9.17) is 0 Å². The van der Waals surface area contributed by atoms with Crippen LogP contribution in [0.15, 0.2) is 24.3 Å². The number of likely N-dealkylation sites (N-methyl/N-ethyl adjacent to an activating group) is 1. The van der Waals surface area contributed by atoms with Gasteiger partial charge in [-0.15, -0.1) is 11.3 Å². The SMILES string of the molecule is CN(C)C1CCN(Cc2c(C(=O)O)sc3ccccc23)C1. The van der Waals surface area contributed by atoms with Crippen LogP contribution in [0, 0.1) is 0 Å². The van der Waals surface area contributed by atoms with Crippen LogP contribution in [-0.2, 0) is 6.54 Å². The van der Waals surface area contributed by atoms with Crippen molar-refractivity contribution >= 4 is 27.4 Å². The molecule has 4 nitrogen and oxygen atoms in total. The number of benzene rings is 1. The van der Waals surface area contributed by atoms with Gasteiger partial charge in [0.1, 0.15) is 4.88 Å². The Bertz CT molecular complexity index is 665. The molecule has 0 spiro atoms. The highest BCUT2D eigenvalue weighted by molar-refractivity contribution is 7.21. The maximum atomic E-state index is 11.5. The first kappa shape index (κ1) is 14.5. The van der Waals surface area contributed by atoms with E-state index < -0.39 is 5.97 Å². The van der Waals surface area contributed by atoms with Gasteiger partial charge in [-0.1, -0.05) is 18.2 Å². The van der Waals surface area contributed by atoms with Gasteiger partial charge in [-0.3, -0.25) is 4.90 Å². The lowest BCUT2D eigenvalue weighted by Gasteiger charge is -2.20. The number of carboxylic acid groups (broad SMARTS) is 1. The Hall–Kier alpha value is -1.43. The summed E-state index contributed by atoms with van der Waals surface area (Å²) in [6, 6.07) is 8.56. The van der Waals surface area contributed by atoms with Gasteiger partial charge >= 0.3 is 5.97 Å². The highest BCUT2D eigenvalue weighted by Gasteiger charge is 2.26. The number of nitrogens with zero attached hydrogens (tertiary/aromatic N) is 2. The van der Waals surface area contributed by atoms with Gasteiger partial charge in [0.25, 0.3) is 0 Å². The second-order valence-electron chi connectivity index (χ2n) is 5.85. The minimum absolute atomic E-state index is 0.490. The highest BCUT2D eigenvalue weighted by Crippen LogP contribution is 2.33. The first-order chi connectivity index (χ1) is 10.1. The van der Waals surface area contributed by atoms with Crippen LogP contribution in [0.1, 0.15) is 21.7 Å². The fourth-order valence-electron chi connectivity index (χ4n) is 3.03. The molecule has 0 bridgehead atoms. The summed E-state index contributed by atoms with van der Waals surface area (Å²) in [7, 11) is 4.22. The molecule has 0 saturated carbocycles. The minimum atomic E-state index is -0.811. The molecule has 3 rings (SSSR count). The monoisotopic (exact) mass is 304 g/mol. The Morgan fingerprint density at radius 3 is 2.86 bits per heavy atom. The number of hydrogen-bond acceptors (Lipinski definition) is 4. The average Bonchev–Trinajstić information content (AvgIpc) is 3.05. The molecule has 1 saturated heterocycles.